The fourth-order valence-corrected chi connectivity index (χ4v) is 1.75. The molecule has 0 aliphatic rings. The number of nitrogens with one attached hydrogen (secondary N) is 2. The minimum absolute atomic E-state index is 0.0761. The fraction of sp³-hybridized carbons (Fsp3) is 0.462. The lowest BCUT2D eigenvalue weighted by Crippen LogP contribution is -2.38. The van der Waals surface area contributed by atoms with Crippen molar-refractivity contribution < 1.29 is 19.4 Å². The Hall–Kier alpha value is -2.53. The molecule has 0 radical (unpaired) electrons. The third-order valence-electron chi connectivity index (χ3n) is 2.75. The number of hydrogen-bond acceptors (Lipinski definition) is 4. The summed E-state index contributed by atoms with van der Waals surface area (Å²) in [5.41, 5.74) is 0.750. The van der Waals surface area contributed by atoms with Crippen LogP contribution >= 0.6 is 0 Å². The number of urea groups is 1. The van der Waals surface area contributed by atoms with Crippen LogP contribution in [0.4, 0.5) is 10.5 Å². The number of aryl methyl sites for hydroxylation is 1. The lowest BCUT2D eigenvalue weighted by atomic mass is 10.3. The van der Waals surface area contributed by atoms with E-state index < -0.39 is 12.0 Å². The number of carbonyl (C=O) groups excluding carboxylic acids is 1. The molecule has 1 rings (SSSR count). The maximum Gasteiger partial charge on any atom is 0.354 e. The van der Waals surface area contributed by atoms with Gasteiger partial charge in [-0.2, -0.15) is 5.26 Å². The number of ether oxygens (including phenoxy) is 1. The van der Waals surface area contributed by atoms with Gasteiger partial charge in [-0.25, -0.2) is 9.59 Å². The topological polar surface area (TPSA) is 118 Å². The molecule has 1 heterocycles. The first-order valence-corrected chi connectivity index (χ1v) is 6.34. The van der Waals surface area contributed by atoms with Crippen LogP contribution in [-0.4, -0.2) is 53.8 Å². The second-order valence-electron chi connectivity index (χ2n) is 4.36. The Morgan fingerprint density at radius 2 is 2.24 bits per heavy atom. The Balaban J connectivity index is 2.80. The highest BCUT2D eigenvalue weighted by Crippen LogP contribution is 2.17. The van der Waals surface area contributed by atoms with Gasteiger partial charge in [0.25, 0.3) is 0 Å². The first-order chi connectivity index (χ1) is 9.99. The summed E-state index contributed by atoms with van der Waals surface area (Å²) < 4.78 is 4.91. The second kappa shape index (κ2) is 7.91. The number of aromatic amines is 1. The minimum atomic E-state index is -1.15. The summed E-state index contributed by atoms with van der Waals surface area (Å²) in [5, 5.41) is 20.2. The molecule has 8 heteroatoms. The third kappa shape index (κ3) is 4.81. The molecular formula is C13H18N4O4. The first-order valence-electron chi connectivity index (χ1n) is 6.34. The maximum absolute atomic E-state index is 12.2. The quantitative estimate of drug-likeness (QED) is 0.702. The molecule has 0 atom stereocenters. The van der Waals surface area contributed by atoms with Crippen LogP contribution in [-0.2, 0) is 4.74 Å². The minimum Gasteiger partial charge on any atom is -0.477 e. The molecule has 0 fully saturated rings. The van der Waals surface area contributed by atoms with E-state index in [0.717, 1.165) is 0 Å². The average molecular weight is 294 g/mol. The van der Waals surface area contributed by atoms with Crippen molar-refractivity contribution in [3.8, 4) is 6.07 Å². The number of amides is 2. The predicted molar refractivity (Wildman–Crippen MR) is 75.2 cm³/mol. The van der Waals surface area contributed by atoms with Crippen LogP contribution in [0.5, 0.6) is 0 Å². The SMILES string of the molecule is COCCN(CCC#N)C(=O)Nc1cc(C)[nH]c1C(=O)O. The van der Waals surface area contributed by atoms with Crippen molar-refractivity contribution in [1.82, 2.24) is 9.88 Å². The lowest BCUT2D eigenvalue weighted by Gasteiger charge is -2.21. The smallest absolute Gasteiger partial charge is 0.354 e. The van der Waals surface area contributed by atoms with Gasteiger partial charge >= 0.3 is 12.0 Å². The molecule has 3 N–H and O–H groups in total. The molecule has 0 aliphatic heterocycles. The van der Waals surface area contributed by atoms with Crippen LogP contribution < -0.4 is 5.32 Å². The van der Waals surface area contributed by atoms with E-state index in [-0.39, 0.29) is 24.3 Å². The molecule has 0 bridgehead atoms. The van der Waals surface area contributed by atoms with Gasteiger partial charge in [0, 0.05) is 25.9 Å². The summed E-state index contributed by atoms with van der Waals surface area (Å²) in [4.78, 5) is 27.3. The van der Waals surface area contributed by atoms with Gasteiger partial charge in [-0.15, -0.1) is 0 Å². The van der Waals surface area contributed by atoms with E-state index in [1.807, 2.05) is 6.07 Å². The lowest BCUT2D eigenvalue weighted by molar-refractivity contribution is 0.0692. The number of rotatable bonds is 7. The molecule has 1 aromatic rings. The van der Waals surface area contributed by atoms with E-state index >= 15 is 0 Å². The van der Waals surface area contributed by atoms with Crippen molar-refractivity contribution in [1.29, 1.82) is 5.26 Å². The van der Waals surface area contributed by atoms with Crippen molar-refractivity contribution in [3.63, 3.8) is 0 Å². The van der Waals surface area contributed by atoms with Gasteiger partial charge in [0.2, 0.25) is 0 Å². The highest BCUT2D eigenvalue weighted by Gasteiger charge is 2.18. The molecule has 2 amide bonds. The van der Waals surface area contributed by atoms with Gasteiger partial charge in [-0.1, -0.05) is 0 Å². The molecule has 21 heavy (non-hydrogen) atoms. The summed E-state index contributed by atoms with van der Waals surface area (Å²) in [6.45, 7) is 2.59. The molecule has 0 spiro atoms. The molecule has 0 aromatic carbocycles. The zero-order valence-electron chi connectivity index (χ0n) is 12.0. The number of nitriles is 1. The maximum atomic E-state index is 12.2. The Morgan fingerprint density at radius 1 is 1.52 bits per heavy atom. The molecule has 1 aromatic heterocycles. The Morgan fingerprint density at radius 3 is 2.81 bits per heavy atom. The molecule has 0 saturated carbocycles. The van der Waals surface area contributed by atoms with E-state index in [4.69, 9.17) is 15.1 Å². The van der Waals surface area contributed by atoms with Gasteiger partial charge < -0.3 is 25.0 Å². The number of nitrogens with zero attached hydrogens (tertiary/aromatic N) is 2. The molecule has 8 nitrogen and oxygen atoms in total. The van der Waals surface area contributed by atoms with Gasteiger partial charge in [-0.05, 0) is 13.0 Å². The average Bonchev–Trinajstić information content (AvgIpc) is 2.79. The highest BCUT2D eigenvalue weighted by atomic mass is 16.5. The van der Waals surface area contributed by atoms with E-state index in [1.165, 1.54) is 12.0 Å². The van der Waals surface area contributed by atoms with Gasteiger partial charge in [0.1, 0.15) is 5.69 Å². The number of carboxylic acid groups (broad SMARTS) is 1. The largest absolute Gasteiger partial charge is 0.477 e. The van der Waals surface area contributed by atoms with Crippen molar-refractivity contribution in [3.05, 3.63) is 17.5 Å². The molecule has 0 saturated heterocycles. The standard InChI is InChI=1S/C13H18N4O4/c1-9-8-10(11(15-9)12(18)19)16-13(20)17(5-3-4-14)6-7-21-2/h8,15H,3,5-7H2,1-2H3,(H,16,20)(H,18,19). The second-order valence-corrected chi connectivity index (χ2v) is 4.36. The van der Waals surface area contributed by atoms with Crippen LogP contribution in [0.1, 0.15) is 22.6 Å². The zero-order valence-corrected chi connectivity index (χ0v) is 12.0. The van der Waals surface area contributed by atoms with E-state index in [9.17, 15) is 9.59 Å². The third-order valence-corrected chi connectivity index (χ3v) is 2.75. The monoisotopic (exact) mass is 294 g/mol. The summed E-state index contributed by atoms with van der Waals surface area (Å²) >= 11 is 0. The summed E-state index contributed by atoms with van der Waals surface area (Å²) in [6.07, 6.45) is 0.190. The summed E-state index contributed by atoms with van der Waals surface area (Å²) in [7, 11) is 1.51. The number of aromatic carboxylic acids is 1. The number of anilines is 1. The van der Waals surface area contributed by atoms with Gasteiger partial charge in [0.15, 0.2) is 0 Å². The van der Waals surface area contributed by atoms with E-state index in [2.05, 4.69) is 10.3 Å². The first kappa shape index (κ1) is 16.5. The number of hydrogen-bond donors (Lipinski definition) is 3. The normalized spacial score (nSPS) is 9.95. The van der Waals surface area contributed by atoms with Crippen LogP contribution in [0.2, 0.25) is 0 Å². The van der Waals surface area contributed by atoms with Crippen LogP contribution in [0.3, 0.4) is 0 Å². The number of methoxy groups -OCH3 is 1. The molecular weight excluding hydrogens is 276 g/mol. The number of carboxylic acids is 1. The number of aromatic nitrogens is 1. The van der Waals surface area contributed by atoms with Crippen LogP contribution in [0.25, 0.3) is 0 Å². The zero-order chi connectivity index (χ0) is 15.8. The van der Waals surface area contributed by atoms with Crippen molar-refractivity contribution in [2.45, 2.75) is 13.3 Å². The summed E-state index contributed by atoms with van der Waals surface area (Å²) in [6, 6.07) is 3.04. The Kier molecular flexibility index (Phi) is 6.23. The van der Waals surface area contributed by atoms with Crippen molar-refractivity contribution in [2.75, 3.05) is 32.1 Å². The molecule has 0 unspecified atom stereocenters. The highest BCUT2D eigenvalue weighted by molar-refractivity contribution is 5.99. The molecule has 0 aliphatic carbocycles. The predicted octanol–water partition coefficient (Wildman–Crippen LogP) is 1.42. The van der Waals surface area contributed by atoms with E-state index in [0.29, 0.717) is 18.8 Å². The van der Waals surface area contributed by atoms with Crippen molar-refractivity contribution >= 4 is 17.7 Å². The Labute approximate surface area is 122 Å². The fourth-order valence-electron chi connectivity index (χ4n) is 1.75. The summed E-state index contributed by atoms with van der Waals surface area (Å²) in [5.74, 6) is -1.15. The van der Waals surface area contributed by atoms with Crippen LogP contribution in [0, 0.1) is 18.3 Å². The number of carbonyl (C=O) groups is 2. The number of H-pyrrole nitrogens is 1. The van der Waals surface area contributed by atoms with Crippen LogP contribution in [0.15, 0.2) is 6.07 Å². The molecule has 114 valence electrons. The van der Waals surface area contributed by atoms with Gasteiger partial charge in [-0.3, -0.25) is 0 Å². The Bertz CT molecular complexity index is 547. The van der Waals surface area contributed by atoms with Crippen molar-refractivity contribution in [2.24, 2.45) is 0 Å². The van der Waals surface area contributed by atoms with E-state index in [1.54, 1.807) is 13.0 Å². The van der Waals surface area contributed by atoms with Gasteiger partial charge in [0.05, 0.1) is 24.8 Å².